The molecule has 0 saturated heterocycles. The van der Waals surface area contributed by atoms with Gasteiger partial charge >= 0.3 is 0 Å². The van der Waals surface area contributed by atoms with E-state index in [0.717, 1.165) is 5.75 Å². The lowest BCUT2D eigenvalue weighted by molar-refractivity contribution is -0.202. The van der Waals surface area contributed by atoms with Crippen molar-refractivity contribution in [3.63, 3.8) is 0 Å². The summed E-state index contributed by atoms with van der Waals surface area (Å²) in [5, 5.41) is 2.43. The zero-order chi connectivity index (χ0) is 18.7. The van der Waals surface area contributed by atoms with Crippen LogP contribution < -0.4 is 4.74 Å². The van der Waals surface area contributed by atoms with Gasteiger partial charge in [-0.1, -0.05) is 44.2 Å². The third-order valence-corrected chi connectivity index (χ3v) is 4.56. The number of hydrogen-bond acceptors (Lipinski definition) is 3. The van der Waals surface area contributed by atoms with Crippen LogP contribution in [0.5, 0.6) is 5.75 Å². The molecule has 0 aliphatic heterocycles. The first-order chi connectivity index (χ1) is 12.5. The Hall–Kier alpha value is -2.10. The highest BCUT2D eigenvalue weighted by Gasteiger charge is 2.13. The number of ether oxygens (including phenoxy) is 3. The highest BCUT2D eigenvalue weighted by Crippen LogP contribution is 2.36. The summed E-state index contributed by atoms with van der Waals surface area (Å²) in [5.74, 6) is 1.31. The van der Waals surface area contributed by atoms with Crippen molar-refractivity contribution in [3.8, 4) is 16.9 Å². The molecule has 3 heteroatoms. The summed E-state index contributed by atoms with van der Waals surface area (Å²) < 4.78 is 17.0. The van der Waals surface area contributed by atoms with Crippen LogP contribution in [0.25, 0.3) is 21.9 Å². The molecule has 0 fully saturated rings. The first-order valence-electron chi connectivity index (χ1n) is 9.38. The van der Waals surface area contributed by atoms with Crippen molar-refractivity contribution in [3.05, 3.63) is 54.1 Å². The summed E-state index contributed by atoms with van der Waals surface area (Å²) in [4.78, 5) is 0. The number of fused-ring (bicyclic) bond motifs is 3. The lowest BCUT2D eigenvalue weighted by Crippen LogP contribution is -2.24. The van der Waals surface area contributed by atoms with Crippen LogP contribution in [0.1, 0.15) is 46.1 Å². The van der Waals surface area contributed by atoms with Crippen molar-refractivity contribution in [1.82, 2.24) is 0 Å². The van der Waals surface area contributed by atoms with E-state index in [0.29, 0.717) is 12.5 Å². The Bertz CT molecular complexity index is 840. The van der Waals surface area contributed by atoms with Crippen LogP contribution >= 0.6 is 0 Å². The molecule has 3 rings (SSSR count). The summed E-state index contributed by atoms with van der Waals surface area (Å²) in [6, 6.07) is 17.3. The molecular weight excluding hydrogens is 324 g/mol. The van der Waals surface area contributed by atoms with Gasteiger partial charge in [0.1, 0.15) is 5.75 Å². The summed E-state index contributed by atoms with van der Waals surface area (Å²) in [7, 11) is 0. The van der Waals surface area contributed by atoms with E-state index >= 15 is 0 Å². The fourth-order valence-corrected chi connectivity index (χ4v) is 3.29. The fraction of sp³-hybridized carbons (Fsp3) is 0.391. The van der Waals surface area contributed by atoms with E-state index in [1.54, 1.807) is 0 Å². The topological polar surface area (TPSA) is 27.7 Å². The molecule has 0 bridgehead atoms. The maximum absolute atomic E-state index is 5.91. The molecular formula is C23H28O3. The second-order valence-electron chi connectivity index (χ2n) is 6.93. The third kappa shape index (κ3) is 4.17. The minimum absolute atomic E-state index is 0.283. The van der Waals surface area contributed by atoms with Crippen molar-refractivity contribution in [1.29, 1.82) is 0 Å². The average Bonchev–Trinajstić information content (AvgIpc) is 2.76. The Balaban J connectivity index is 1.86. The van der Waals surface area contributed by atoms with E-state index in [1.165, 1.54) is 27.5 Å². The molecule has 0 spiro atoms. The van der Waals surface area contributed by atoms with Crippen LogP contribution in [0.3, 0.4) is 0 Å². The Morgan fingerprint density at radius 3 is 2.42 bits per heavy atom. The van der Waals surface area contributed by atoms with Gasteiger partial charge in [0.2, 0.25) is 0 Å². The van der Waals surface area contributed by atoms with Gasteiger partial charge in [-0.05, 0) is 72.4 Å². The Morgan fingerprint density at radius 1 is 0.885 bits per heavy atom. The number of benzene rings is 1. The van der Waals surface area contributed by atoms with Crippen molar-refractivity contribution < 1.29 is 14.2 Å². The maximum atomic E-state index is 5.91. The number of hydrogen-bond donors (Lipinski definition) is 0. The van der Waals surface area contributed by atoms with Gasteiger partial charge in [-0.2, -0.15) is 0 Å². The first-order valence-corrected chi connectivity index (χ1v) is 9.38. The number of rotatable bonds is 7. The van der Waals surface area contributed by atoms with Gasteiger partial charge in [-0.3, -0.25) is 0 Å². The van der Waals surface area contributed by atoms with Gasteiger partial charge in [-0.25, -0.2) is 0 Å². The molecule has 0 radical (unpaired) electrons. The third-order valence-electron chi connectivity index (χ3n) is 4.56. The molecule has 2 unspecified atom stereocenters. The van der Waals surface area contributed by atoms with Gasteiger partial charge in [0.05, 0.1) is 0 Å². The minimum atomic E-state index is -0.372. The van der Waals surface area contributed by atoms with Gasteiger partial charge in [0, 0.05) is 6.61 Å². The van der Waals surface area contributed by atoms with Gasteiger partial charge in [0.25, 0.3) is 0 Å². The SMILES string of the molecule is CCOC(C)OC(C)Oc1ccc2c3cccc(C(C)C)cc-3cc2c1. The highest BCUT2D eigenvalue weighted by atomic mass is 16.8. The minimum Gasteiger partial charge on any atom is -0.465 e. The molecule has 26 heavy (non-hydrogen) atoms. The summed E-state index contributed by atoms with van der Waals surface area (Å²) in [5.41, 5.74) is 3.88. The van der Waals surface area contributed by atoms with Crippen molar-refractivity contribution in [2.75, 3.05) is 6.61 Å². The lowest BCUT2D eigenvalue weighted by atomic mass is 10.0. The molecule has 3 nitrogen and oxygen atoms in total. The quantitative estimate of drug-likeness (QED) is 0.474. The second-order valence-corrected chi connectivity index (χ2v) is 6.93. The standard InChI is InChI=1S/C23H28O3/c1-6-24-16(4)25-17(5)26-21-10-11-23-20(14-21)13-19-12-18(15(2)3)8-7-9-22(19)23/h7-17H,6H2,1-5H3. The zero-order valence-electron chi connectivity index (χ0n) is 16.3. The van der Waals surface area contributed by atoms with Crippen molar-refractivity contribution in [2.45, 2.75) is 53.1 Å². The molecule has 2 aliphatic rings. The maximum Gasteiger partial charge on any atom is 0.199 e. The van der Waals surface area contributed by atoms with E-state index in [9.17, 15) is 0 Å². The summed E-state index contributed by atoms with van der Waals surface area (Å²) in [6.45, 7) is 10.8. The van der Waals surface area contributed by atoms with Crippen LogP contribution in [-0.4, -0.2) is 19.2 Å². The Morgan fingerprint density at radius 2 is 1.69 bits per heavy atom. The van der Waals surface area contributed by atoms with E-state index < -0.39 is 0 Å². The Kier molecular flexibility index (Phi) is 5.80. The normalized spacial score (nSPS) is 14.1. The van der Waals surface area contributed by atoms with Crippen LogP contribution in [0.4, 0.5) is 0 Å². The van der Waals surface area contributed by atoms with E-state index in [1.807, 2.05) is 26.8 Å². The smallest absolute Gasteiger partial charge is 0.199 e. The molecule has 0 saturated carbocycles. The monoisotopic (exact) mass is 352 g/mol. The molecule has 2 atom stereocenters. The molecule has 138 valence electrons. The first kappa shape index (κ1) is 18.7. The van der Waals surface area contributed by atoms with E-state index in [2.05, 4.69) is 56.3 Å². The summed E-state index contributed by atoms with van der Waals surface area (Å²) in [6.07, 6.45) is -0.654. The molecule has 2 aliphatic carbocycles. The fourth-order valence-electron chi connectivity index (χ4n) is 3.29. The van der Waals surface area contributed by atoms with Crippen molar-refractivity contribution >= 4 is 10.8 Å². The van der Waals surface area contributed by atoms with E-state index in [-0.39, 0.29) is 12.6 Å². The van der Waals surface area contributed by atoms with Gasteiger partial charge in [0.15, 0.2) is 12.6 Å². The molecule has 0 heterocycles. The van der Waals surface area contributed by atoms with E-state index in [4.69, 9.17) is 14.2 Å². The average molecular weight is 352 g/mol. The molecule has 1 aromatic carbocycles. The van der Waals surface area contributed by atoms with Crippen LogP contribution in [0.15, 0.2) is 48.5 Å². The van der Waals surface area contributed by atoms with Gasteiger partial charge < -0.3 is 14.2 Å². The predicted molar refractivity (Wildman–Crippen MR) is 107 cm³/mol. The van der Waals surface area contributed by atoms with Gasteiger partial charge in [-0.15, -0.1) is 0 Å². The molecule has 0 aromatic heterocycles. The van der Waals surface area contributed by atoms with Crippen LogP contribution in [0.2, 0.25) is 0 Å². The van der Waals surface area contributed by atoms with Crippen LogP contribution in [0, 0.1) is 0 Å². The second kappa shape index (κ2) is 8.07. The summed E-state index contributed by atoms with van der Waals surface area (Å²) >= 11 is 0. The largest absolute Gasteiger partial charge is 0.465 e. The zero-order valence-corrected chi connectivity index (χ0v) is 16.3. The molecule has 0 amide bonds. The lowest BCUT2D eigenvalue weighted by Gasteiger charge is -2.20. The molecule has 1 aromatic rings. The predicted octanol–water partition coefficient (Wildman–Crippen LogP) is 6.19. The van der Waals surface area contributed by atoms with Crippen molar-refractivity contribution in [2.24, 2.45) is 0 Å². The molecule has 0 N–H and O–H groups in total. The Labute approximate surface area is 156 Å². The highest BCUT2D eigenvalue weighted by molar-refractivity contribution is 6.02. The van der Waals surface area contributed by atoms with Crippen LogP contribution in [-0.2, 0) is 9.47 Å².